The fourth-order valence-corrected chi connectivity index (χ4v) is 2.77. The fourth-order valence-electron chi connectivity index (χ4n) is 1.55. The topological polar surface area (TPSA) is 63.4 Å². The van der Waals surface area contributed by atoms with E-state index in [1.54, 1.807) is 0 Å². The molecule has 0 saturated carbocycles. The Balaban J connectivity index is 2.88. The first kappa shape index (κ1) is 14.9. The quantitative estimate of drug-likeness (QED) is 0.639. The third kappa shape index (κ3) is 3.43. The van der Waals surface area contributed by atoms with E-state index in [0.717, 1.165) is 25.3 Å². The highest BCUT2D eigenvalue weighted by atomic mass is 32.2. The monoisotopic (exact) mass is 274 g/mol. The summed E-state index contributed by atoms with van der Waals surface area (Å²) in [5, 5.41) is 0. The molecular weight excluding hydrogens is 255 g/mol. The predicted molar refractivity (Wildman–Crippen MR) is 70.2 cm³/mol. The van der Waals surface area contributed by atoms with E-state index in [1.165, 1.54) is 23.5 Å². The van der Waals surface area contributed by atoms with Gasteiger partial charge in [0.2, 0.25) is 10.0 Å². The number of unbranched alkanes of at least 4 members (excludes halogenated alkanes) is 2. The number of hydrogen-bond donors (Lipinski definition) is 1. The van der Waals surface area contributed by atoms with Crippen LogP contribution in [0.4, 0.5) is 10.1 Å². The van der Waals surface area contributed by atoms with Crippen LogP contribution < -0.4 is 5.73 Å². The summed E-state index contributed by atoms with van der Waals surface area (Å²) in [6.07, 6.45) is 2.78. The summed E-state index contributed by atoms with van der Waals surface area (Å²) in [4.78, 5) is -0.0619. The smallest absolute Gasteiger partial charge is 0.242 e. The lowest BCUT2D eigenvalue weighted by molar-refractivity contribution is 0.453. The molecular formula is C12H19FN2O2S. The van der Waals surface area contributed by atoms with Gasteiger partial charge in [-0.15, -0.1) is 0 Å². The Morgan fingerprint density at radius 3 is 2.56 bits per heavy atom. The van der Waals surface area contributed by atoms with Gasteiger partial charge in [-0.2, -0.15) is 0 Å². The van der Waals surface area contributed by atoms with Crippen LogP contribution in [0.5, 0.6) is 0 Å². The minimum absolute atomic E-state index is 0.0532. The van der Waals surface area contributed by atoms with Crippen LogP contribution in [-0.2, 0) is 10.0 Å². The Morgan fingerprint density at radius 1 is 1.33 bits per heavy atom. The summed E-state index contributed by atoms with van der Waals surface area (Å²) in [6, 6.07) is 3.55. The van der Waals surface area contributed by atoms with Gasteiger partial charge in [-0.25, -0.2) is 17.1 Å². The first-order chi connectivity index (χ1) is 8.39. The van der Waals surface area contributed by atoms with Crippen LogP contribution in [0.3, 0.4) is 0 Å². The number of nitrogens with zero attached hydrogens (tertiary/aromatic N) is 1. The van der Waals surface area contributed by atoms with Gasteiger partial charge in [-0.1, -0.05) is 19.8 Å². The molecule has 0 saturated heterocycles. The Morgan fingerprint density at radius 2 is 2.00 bits per heavy atom. The van der Waals surface area contributed by atoms with E-state index in [4.69, 9.17) is 5.73 Å². The largest absolute Gasteiger partial charge is 0.396 e. The number of nitrogen functional groups attached to an aromatic ring is 1. The predicted octanol–water partition coefficient (Wildman–Crippen LogP) is 2.22. The molecule has 2 N–H and O–H groups in total. The Hall–Kier alpha value is -1.14. The number of sulfonamides is 1. The molecule has 102 valence electrons. The molecule has 0 aliphatic carbocycles. The maximum absolute atomic E-state index is 13.3. The summed E-state index contributed by atoms with van der Waals surface area (Å²) in [5.41, 5.74) is 5.27. The first-order valence-corrected chi connectivity index (χ1v) is 7.35. The average molecular weight is 274 g/mol. The van der Waals surface area contributed by atoms with Crippen molar-refractivity contribution in [2.75, 3.05) is 19.3 Å². The molecule has 0 radical (unpaired) electrons. The standard InChI is InChI=1S/C12H19FN2O2S/c1-3-4-5-8-15(2)18(16,17)10-6-7-12(14)11(13)9-10/h6-7,9H,3-5,8,14H2,1-2H3. The number of halogens is 1. The fraction of sp³-hybridized carbons (Fsp3) is 0.500. The van der Waals surface area contributed by atoms with Crippen molar-refractivity contribution in [1.82, 2.24) is 4.31 Å². The van der Waals surface area contributed by atoms with Crippen LogP contribution >= 0.6 is 0 Å². The summed E-state index contributed by atoms with van der Waals surface area (Å²) >= 11 is 0. The first-order valence-electron chi connectivity index (χ1n) is 5.91. The molecule has 0 bridgehead atoms. The molecule has 0 heterocycles. The molecule has 0 amide bonds. The van der Waals surface area contributed by atoms with Gasteiger partial charge < -0.3 is 5.73 Å². The van der Waals surface area contributed by atoms with Crippen molar-refractivity contribution in [3.8, 4) is 0 Å². The van der Waals surface area contributed by atoms with Crippen LogP contribution in [0.25, 0.3) is 0 Å². The second kappa shape index (κ2) is 6.15. The van der Waals surface area contributed by atoms with Crippen LogP contribution in [0.1, 0.15) is 26.2 Å². The number of rotatable bonds is 6. The Labute approximate surface area is 108 Å². The summed E-state index contributed by atoms with van der Waals surface area (Å²) in [5.74, 6) is -0.710. The molecule has 0 unspecified atom stereocenters. The molecule has 6 heteroatoms. The lowest BCUT2D eigenvalue weighted by Gasteiger charge is -2.17. The van der Waals surface area contributed by atoms with E-state index in [9.17, 15) is 12.8 Å². The number of benzene rings is 1. The second-order valence-electron chi connectivity index (χ2n) is 4.22. The minimum Gasteiger partial charge on any atom is -0.396 e. The zero-order valence-corrected chi connectivity index (χ0v) is 11.5. The zero-order valence-electron chi connectivity index (χ0n) is 10.7. The molecule has 0 aromatic heterocycles. The van der Waals surface area contributed by atoms with E-state index >= 15 is 0 Å². The van der Waals surface area contributed by atoms with Crippen LogP contribution in [0.15, 0.2) is 23.1 Å². The maximum atomic E-state index is 13.3. The van der Waals surface area contributed by atoms with Crippen molar-refractivity contribution in [2.24, 2.45) is 0 Å². The molecule has 18 heavy (non-hydrogen) atoms. The number of anilines is 1. The van der Waals surface area contributed by atoms with Crippen molar-refractivity contribution < 1.29 is 12.8 Å². The van der Waals surface area contributed by atoms with Gasteiger partial charge in [0.1, 0.15) is 5.82 Å². The second-order valence-corrected chi connectivity index (χ2v) is 6.26. The van der Waals surface area contributed by atoms with Crippen molar-refractivity contribution in [1.29, 1.82) is 0 Å². The third-order valence-electron chi connectivity index (χ3n) is 2.76. The summed E-state index contributed by atoms with van der Waals surface area (Å²) in [7, 11) is -2.12. The SMILES string of the molecule is CCCCCN(C)S(=O)(=O)c1ccc(N)c(F)c1. The van der Waals surface area contributed by atoms with E-state index in [1.807, 2.05) is 6.92 Å². The molecule has 0 atom stereocenters. The Kier molecular flexibility index (Phi) is 5.10. The summed E-state index contributed by atoms with van der Waals surface area (Å²) < 4.78 is 38.7. The minimum atomic E-state index is -3.62. The van der Waals surface area contributed by atoms with Gasteiger partial charge in [0, 0.05) is 13.6 Å². The van der Waals surface area contributed by atoms with Gasteiger partial charge in [0.15, 0.2) is 0 Å². The Bertz CT molecular complexity index is 503. The molecule has 0 aliphatic rings. The average Bonchev–Trinajstić information content (AvgIpc) is 2.32. The van der Waals surface area contributed by atoms with Gasteiger partial charge in [0.25, 0.3) is 0 Å². The highest BCUT2D eigenvalue weighted by molar-refractivity contribution is 7.89. The van der Waals surface area contributed by atoms with E-state index in [-0.39, 0.29) is 10.6 Å². The zero-order chi connectivity index (χ0) is 13.8. The van der Waals surface area contributed by atoms with Crippen molar-refractivity contribution in [2.45, 2.75) is 31.1 Å². The van der Waals surface area contributed by atoms with Crippen LogP contribution in [0, 0.1) is 5.82 Å². The molecule has 4 nitrogen and oxygen atoms in total. The molecule has 0 fully saturated rings. The van der Waals surface area contributed by atoms with E-state index in [2.05, 4.69) is 0 Å². The molecule has 1 rings (SSSR count). The van der Waals surface area contributed by atoms with E-state index in [0.29, 0.717) is 6.54 Å². The summed E-state index contributed by atoms with van der Waals surface area (Å²) in [6.45, 7) is 2.48. The number of nitrogens with two attached hydrogens (primary N) is 1. The lowest BCUT2D eigenvalue weighted by Crippen LogP contribution is -2.28. The molecule has 1 aromatic carbocycles. The van der Waals surface area contributed by atoms with Gasteiger partial charge in [0.05, 0.1) is 10.6 Å². The third-order valence-corrected chi connectivity index (χ3v) is 4.61. The van der Waals surface area contributed by atoms with Crippen LogP contribution in [-0.4, -0.2) is 26.3 Å². The highest BCUT2D eigenvalue weighted by Crippen LogP contribution is 2.19. The van der Waals surface area contributed by atoms with E-state index < -0.39 is 15.8 Å². The van der Waals surface area contributed by atoms with Crippen molar-refractivity contribution in [3.63, 3.8) is 0 Å². The normalized spacial score (nSPS) is 12.0. The molecule has 1 aromatic rings. The van der Waals surface area contributed by atoms with Crippen molar-refractivity contribution in [3.05, 3.63) is 24.0 Å². The van der Waals surface area contributed by atoms with Crippen molar-refractivity contribution >= 4 is 15.7 Å². The van der Waals surface area contributed by atoms with Crippen LogP contribution in [0.2, 0.25) is 0 Å². The molecule has 0 aliphatic heterocycles. The van der Waals surface area contributed by atoms with Gasteiger partial charge in [-0.05, 0) is 24.6 Å². The maximum Gasteiger partial charge on any atom is 0.242 e. The lowest BCUT2D eigenvalue weighted by atomic mass is 10.2. The van der Waals surface area contributed by atoms with Gasteiger partial charge in [-0.3, -0.25) is 0 Å². The highest BCUT2D eigenvalue weighted by Gasteiger charge is 2.21. The number of hydrogen-bond acceptors (Lipinski definition) is 3. The molecule has 0 spiro atoms. The van der Waals surface area contributed by atoms with Gasteiger partial charge >= 0.3 is 0 Å².